The molecule has 1 aliphatic heterocycles. The zero-order valence-electron chi connectivity index (χ0n) is 28.7. The Labute approximate surface area is 282 Å². The SMILES string of the molecule is CCN(CC)CC.CCN(CC)CC.O=P(O)(O)CP(=O)(O)OC[C@H]1O[C@@H](n2cnc3c(NCc4ccccc4)ncnc32)[C@H](O)[C@@H]1O. The largest absolute Gasteiger partial charge is 0.387 e. The molecule has 0 aliphatic carbocycles. The fourth-order valence-electron chi connectivity index (χ4n) is 4.85. The van der Waals surface area contributed by atoms with Crippen molar-refractivity contribution in [1.29, 1.82) is 0 Å². The number of fused-ring (bicyclic) bond motifs is 1. The number of aliphatic hydroxyl groups is 2. The van der Waals surface area contributed by atoms with E-state index in [1.54, 1.807) is 0 Å². The molecule has 0 saturated carbocycles. The number of ether oxygens (including phenoxy) is 1. The minimum absolute atomic E-state index is 0.303. The van der Waals surface area contributed by atoms with Crippen molar-refractivity contribution in [2.75, 3.05) is 57.1 Å². The summed E-state index contributed by atoms with van der Waals surface area (Å²) in [4.78, 5) is 44.8. The first-order chi connectivity index (χ1) is 22.7. The lowest BCUT2D eigenvalue weighted by molar-refractivity contribution is -0.0483. The molecule has 16 nitrogen and oxygen atoms in total. The fraction of sp³-hybridized carbons (Fsp3) is 0.633. The highest BCUT2D eigenvalue weighted by molar-refractivity contribution is 7.70. The van der Waals surface area contributed by atoms with E-state index >= 15 is 0 Å². The van der Waals surface area contributed by atoms with Crippen LogP contribution in [0.1, 0.15) is 53.3 Å². The monoisotopic (exact) mass is 717 g/mol. The van der Waals surface area contributed by atoms with E-state index in [1.165, 1.54) is 56.5 Å². The number of nitrogens with one attached hydrogen (secondary N) is 1. The number of aromatic nitrogens is 4. The van der Waals surface area contributed by atoms with E-state index in [9.17, 15) is 24.2 Å². The third-order valence-corrected chi connectivity index (χ3v) is 11.2. The molecular formula is C30H53N7O9P2. The van der Waals surface area contributed by atoms with E-state index in [2.05, 4.69) is 71.6 Å². The maximum absolute atomic E-state index is 11.9. The average Bonchev–Trinajstić information content (AvgIpc) is 3.61. The van der Waals surface area contributed by atoms with Gasteiger partial charge in [-0.05, 0) is 44.8 Å². The lowest BCUT2D eigenvalue weighted by Crippen LogP contribution is -2.33. The van der Waals surface area contributed by atoms with Crippen LogP contribution in [0.5, 0.6) is 0 Å². The lowest BCUT2D eigenvalue weighted by Gasteiger charge is -2.18. The number of hydrogen-bond donors (Lipinski definition) is 6. The van der Waals surface area contributed by atoms with Gasteiger partial charge in [-0.2, -0.15) is 0 Å². The Bertz CT molecular complexity index is 1420. The summed E-state index contributed by atoms with van der Waals surface area (Å²) in [6.45, 7) is 20.0. The Balaban J connectivity index is 0.000000479. The molecule has 18 heteroatoms. The molecule has 0 amide bonds. The van der Waals surface area contributed by atoms with Crippen LogP contribution in [-0.2, 0) is 24.9 Å². The zero-order valence-corrected chi connectivity index (χ0v) is 30.5. The van der Waals surface area contributed by atoms with Crippen LogP contribution < -0.4 is 5.32 Å². The van der Waals surface area contributed by atoms with Gasteiger partial charge in [0.1, 0.15) is 24.6 Å². The van der Waals surface area contributed by atoms with Gasteiger partial charge in [0.25, 0.3) is 0 Å². The van der Waals surface area contributed by atoms with Gasteiger partial charge in [-0.3, -0.25) is 13.7 Å². The Kier molecular flexibility index (Phi) is 17.8. The second kappa shape index (κ2) is 20.4. The maximum atomic E-state index is 11.9. The van der Waals surface area contributed by atoms with Gasteiger partial charge in [-0.25, -0.2) is 15.0 Å². The van der Waals surface area contributed by atoms with Gasteiger partial charge >= 0.3 is 15.2 Å². The predicted octanol–water partition coefficient (Wildman–Crippen LogP) is 3.09. The van der Waals surface area contributed by atoms with E-state index in [0.717, 1.165) is 5.56 Å². The Morgan fingerprint density at radius 3 is 1.92 bits per heavy atom. The maximum Gasteiger partial charge on any atom is 0.340 e. The molecule has 2 aromatic heterocycles. The highest BCUT2D eigenvalue weighted by Crippen LogP contribution is 2.55. The van der Waals surface area contributed by atoms with Gasteiger partial charge in [0, 0.05) is 6.54 Å². The van der Waals surface area contributed by atoms with Crippen LogP contribution in [0.15, 0.2) is 43.0 Å². The molecule has 5 atom stereocenters. The van der Waals surface area contributed by atoms with E-state index in [1.807, 2.05) is 30.3 Å². The smallest absolute Gasteiger partial charge is 0.340 e. The molecule has 6 N–H and O–H groups in total. The zero-order chi connectivity index (χ0) is 35.9. The highest BCUT2D eigenvalue weighted by Gasteiger charge is 2.45. The number of hydrogen-bond acceptors (Lipinski definition) is 12. The fourth-order valence-corrected chi connectivity index (χ4v) is 7.42. The van der Waals surface area contributed by atoms with Crippen LogP contribution >= 0.6 is 15.2 Å². The van der Waals surface area contributed by atoms with Crippen LogP contribution in [0.4, 0.5) is 5.82 Å². The molecule has 1 unspecified atom stereocenters. The van der Waals surface area contributed by atoms with Gasteiger partial charge in [-0.15, -0.1) is 0 Å². The Morgan fingerprint density at radius 1 is 0.854 bits per heavy atom. The summed E-state index contributed by atoms with van der Waals surface area (Å²) in [5.41, 5.74) is 1.72. The van der Waals surface area contributed by atoms with Crippen LogP contribution in [0.3, 0.4) is 0 Å². The van der Waals surface area contributed by atoms with Crippen molar-refractivity contribution in [2.24, 2.45) is 0 Å². The van der Waals surface area contributed by atoms with Crippen molar-refractivity contribution >= 4 is 32.2 Å². The Hall–Kier alpha value is -2.33. The predicted molar refractivity (Wildman–Crippen MR) is 185 cm³/mol. The minimum Gasteiger partial charge on any atom is -0.387 e. The number of aliphatic hydroxyl groups excluding tert-OH is 2. The van der Waals surface area contributed by atoms with E-state index in [0.29, 0.717) is 23.5 Å². The molecule has 1 saturated heterocycles. The van der Waals surface area contributed by atoms with Gasteiger partial charge in [0.2, 0.25) is 0 Å². The molecule has 4 rings (SSSR count). The molecule has 1 aromatic carbocycles. The molecule has 1 fully saturated rings. The molecule has 1 aliphatic rings. The topological polar surface area (TPSA) is 216 Å². The third kappa shape index (κ3) is 13.2. The normalized spacial score (nSPS) is 20.6. The van der Waals surface area contributed by atoms with E-state index in [-0.39, 0.29) is 0 Å². The summed E-state index contributed by atoms with van der Waals surface area (Å²) in [5.74, 6) is -0.935. The molecule has 0 spiro atoms. The van der Waals surface area contributed by atoms with Crippen molar-refractivity contribution in [3.8, 4) is 0 Å². The van der Waals surface area contributed by atoms with Crippen LogP contribution in [0.25, 0.3) is 11.2 Å². The van der Waals surface area contributed by atoms with Crippen molar-refractivity contribution in [3.63, 3.8) is 0 Å². The second-order valence-corrected chi connectivity index (χ2v) is 14.9. The van der Waals surface area contributed by atoms with E-state index < -0.39 is 52.2 Å². The van der Waals surface area contributed by atoms with E-state index in [4.69, 9.17) is 19.0 Å². The van der Waals surface area contributed by atoms with Crippen LogP contribution in [-0.4, -0.2) is 124 Å². The summed E-state index contributed by atoms with van der Waals surface area (Å²) in [6, 6.07) is 9.62. The summed E-state index contributed by atoms with van der Waals surface area (Å²) >= 11 is 0. The number of benzene rings is 1. The first kappa shape index (κ1) is 41.8. The standard InChI is InChI=1S/C18H23N5O9P2.2C6H15N/c24-14-12(7-31-34(29,30)10-33(26,27)28)32-18(15(14)25)23-9-22-13-16(20-8-21-17(13)23)19-6-11-4-2-1-3-5-11;2*1-4-7(5-2)6-3/h1-5,8-9,12,14-15,18,24-25H,6-7,10H2,(H,29,30)(H,19,20,21)(H2,26,27,28);2*4-6H2,1-3H3/t12-,14-,15-,18-;;/m1../s1. The Morgan fingerprint density at radius 2 is 1.42 bits per heavy atom. The van der Waals surface area contributed by atoms with Crippen molar-refractivity contribution in [2.45, 2.75) is 72.6 Å². The first-order valence-electron chi connectivity index (χ1n) is 16.2. The minimum atomic E-state index is -4.81. The van der Waals surface area contributed by atoms with Crippen LogP contribution in [0, 0.1) is 0 Å². The van der Waals surface area contributed by atoms with Gasteiger partial charge in [-0.1, -0.05) is 71.9 Å². The van der Waals surface area contributed by atoms with Gasteiger partial charge in [0.05, 0.1) is 12.9 Å². The van der Waals surface area contributed by atoms with Crippen LogP contribution in [0.2, 0.25) is 0 Å². The first-order valence-corrected chi connectivity index (χ1v) is 19.7. The molecule has 0 bridgehead atoms. The molecular weight excluding hydrogens is 664 g/mol. The van der Waals surface area contributed by atoms with Gasteiger partial charge in [0.15, 0.2) is 29.1 Å². The average molecular weight is 718 g/mol. The molecule has 0 radical (unpaired) electrons. The number of nitrogens with zero attached hydrogens (tertiary/aromatic N) is 6. The second-order valence-electron chi connectivity index (χ2n) is 10.9. The summed E-state index contributed by atoms with van der Waals surface area (Å²) in [6.07, 6.45) is -2.76. The summed E-state index contributed by atoms with van der Waals surface area (Å²) < 4.78 is 34.6. The third-order valence-electron chi connectivity index (χ3n) is 7.76. The quantitative estimate of drug-likeness (QED) is 0.125. The number of imidazole rings is 1. The summed E-state index contributed by atoms with van der Waals surface area (Å²) in [7, 11) is -9.46. The molecule has 3 heterocycles. The van der Waals surface area contributed by atoms with Crippen molar-refractivity contribution < 1.29 is 43.3 Å². The molecule has 3 aromatic rings. The molecule has 272 valence electrons. The number of rotatable bonds is 15. The van der Waals surface area contributed by atoms with Crippen molar-refractivity contribution in [1.82, 2.24) is 29.3 Å². The lowest BCUT2D eigenvalue weighted by atomic mass is 10.1. The highest BCUT2D eigenvalue weighted by atomic mass is 31.2. The summed E-state index contributed by atoms with van der Waals surface area (Å²) in [5, 5.41) is 24.0. The number of anilines is 1. The van der Waals surface area contributed by atoms with Gasteiger partial charge < -0.3 is 49.3 Å². The van der Waals surface area contributed by atoms with Crippen molar-refractivity contribution in [3.05, 3.63) is 48.5 Å². The molecule has 48 heavy (non-hydrogen) atoms.